The van der Waals surface area contributed by atoms with E-state index in [9.17, 15) is 14.4 Å². The van der Waals surface area contributed by atoms with E-state index in [4.69, 9.17) is 4.74 Å². The number of nitrogens with one attached hydrogen (secondary N) is 1. The third-order valence-corrected chi connectivity index (χ3v) is 4.39. The summed E-state index contributed by atoms with van der Waals surface area (Å²) in [5, 5.41) is -0.312. The van der Waals surface area contributed by atoms with E-state index in [1.165, 1.54) is 18.3 Å². The molecule has 2 rings (SSSR count). The number of aliphatic imine (C=N–C) groups is 1. The maximum absolute atomic E-state index is 12.5. The van der Waals surface area contributed by atoms with E-state index in [-0.39, 0.29) is 37.0 Å². The molecule has 0 aliphatic carbocycles. The first-order valence-electron chi connectivity index (χ1n) is 7.46. The van der Waals surface area contributed by atoms with Gasteiger partial charge in [0.15, 0.2) is 16.7 Å². The Balaban J connectivity index is 2.29. The fourth-order valence-corrected chi connectivity index (χ4v) is 3.21. The first kappa shape index (κ1) is 18.7. The highest BCUT2D eigenvalue weighted by Gasteiger charge is 2.39. The third-order valence-electron chi connectivity index (χ3n) is 3.21. The molecular weight excluding hydrogens is 348 g/mol. The molecule has 1 atom stereocenters. The average molecular weight is 366 g/mol. The molecule has 1 aliphatic heterocycles. The zero-order valence-electron chi connectivity index (χ0n) is 13.9. The van der Waals surface area contributed by atoms with Crippen LogP contribution in [0.4, 0.5) is 5.82 Å². The number of imidazole rings is 1. The number of nitrogens with zero attached hydrogens (tertiary/aromatic N) is 3. The minimum atomic E-state index is -0.642. The maximum Gasteiger partial charge on any atom is 0.358 e. The second-order valence-corrected chi connectivity index (χ2v) is 6.01. The van der Waals surface area contributed by atoms with Gasteiger partial charge in [-0.15, -0.1) is 6.58 Å². The SMILES string of the molecule is C=CCN1C(=O)C(CC(=O)OC)S/C1=N\c1nc[nH]c1C(=O)OCC. The van der Waals surface area contributed by atoms with E-state index >= 15 is 0 Å². The lowest BCUT2D eigenvalue weighted by atomic mass is 10.2. The minimum absolute atomic E-state index is 0.0715. The molecule has 1 saturated heterocycles. The highest BCUT2D eigenvalue weighted by atomic mass is 32.2. The zero-order chi connectivity index (χ0) is 18.4. The number of esters is 2. The van der Waals surface area contributed by atoms with Crippen molar-refractivity contribution < 1.29 is 23.9 Å². The molecule has 1 aromatic heterocycles. The lowest BCUT2D eigenvalue weighted by Gasteiger charge is -2.13. The van der Waals surface area contributed by atoms with Crippen molar-refractivity contribution in [3.8, 4) is 0 Å². The zero-order valence-corrected chi connectivity index (χ0v) is 14.7. The number of rotatable bonds is 7. The molecule has 0 aromatic carbocycles. The summed E-state index contributed by atoms with van der Waals surface area (Å²) < 4.78 is 9.54. The summed E-state index contributed by atoms with van der Waals surface area (Å²) in [6.07, 6.45) is 2.79. The quantitative estimate of drug-likeness (QED) is 0.571. The van der Waals surface area contributed by atoms with E-state index in [1.54, 1.807) is 13.0 Å². The Labute approximate surface area is 148 Å². The summed E-state index contributed by atoms with van der Waals surface area (Å²) in [7, 11) is 1.26. The van der Waals surface area contributed by atoms with Crippen molar-refractivity contribution in [2.24, 2.45) is 4.99 Å². The van der Waals surface area contributed by atoms with Crippen LogP contribution in [0.2, 0.25) is 0 Å². The normalized spacial score (nSPS) is 18.5. The fraction of sp³-hybridized carbons (Fsp3) is 0.400. The molecule has 1 aliphatic rings. The number of aromatic amines is 1. The molecule has 25 heavy (non-hydrogen) atoms. The predicted molar refractivity (Wildman–Crippen MR) is 91.6 cm³/mol. The van der Waals surface area contributed by atoms with Crippen molar-refractivity contribution in [3.63, 3.8) is 0 Å². The lowest BCUT2D eigenvalue weighted by Crippen LogP contribution is -2.33. The van der Waals surface area contributed by atoms with Crippen molar-refractivity contribution in [3.05, 3.63) is 24.7 Å². The molecule has 0 bridgehead atoms. The van der Waals surface area contributed by atoms with Gasteiger partial charge in [0.05, 0.1) is 26.5 Å². The molecule has 1 fully saturated rings. The molecule has 1 unspecified atom stereocenters. The number of H-pyrrole nitrogens is 1. The van der Waals surface area contributed by atoms with Gasteiger partial charge in [0.25, 0.3) is 0 Å². The molecule has 0 spiro atoms. The van der Waals surface area contributed by atoms with Crippen LogP contribution in [-0.2, 0) is 19.1 Å². The smallest absolute Gasteiger partial charge is 0.358 e. The van der Waals surface area contributed by atoms with Gasteiger partial charge in [-0.2, -0.15) is 0 Å². The van der Waals surface area contributed by atoms with Crippen LogP contribution in [0.15, 0.2) is 24.0 Å². The second kappa shape index (κ2) is 8.47. The largest absolute Gasteiger partial charge is 0.469 e. The number of aromatic nitrogens is 2. The number of hydrogen-bond acceptors (Lipinski definition) is 8. The van der Waals surface area contributed by atoms with Crippen LogP contribution in [0.5, 0.6) is 0 Å². The number of hydrogen-bond donors (Lipinski definition) is 1. The van der Waals surface area contributed by atoms with Crippen LogP contribution in [0.25, 0.3) is 0 Å². The number of amides is 1. The van der Waals surface area contributed by atoms with Crippen molar-refractivity contribution >= 4 is 40.6 Å². The van der Waals surface area contributed by atoms with Crippen LogP contribution in [-0.4, -0.2) is 63.4 Å². The summed E-state index contributed by atoms with van der Waals surface area (Å²) in [5.74, 6) is -1.24. The Bertz CT molecular complexity index is 715. The minimum Gasteiger partial charge on any atom is -0.469 e. The predicted octanol–water partition coefficient (Wildman–Crippen LogP) is 1.27. The van der Waals surface area contributed by atoms with Crippen molar-refractivity contribution in [1.29, 1.82) is 0 Å². The van der Waals surface area contributed by atoms with Gasteiger partial charge in [0.1, 0.15) is 5.25 Å². The molecule has 9 nitrogen and oxygen atoms in total. The lowest BCUT2D eigenvalue weighted by molar-refractivity contribution is -0.142. The van der Waals surface area contributed by atoms with Crippen molar-refractivity contribution in [2.75, 3.05) is 20.3 Å². The van der Waals surface area contributed by atoms with Crippen molar-refractivity contribution in [1.82, 2.24) is 14.9 Å². The fourth-order valence-electron chi connectivity index (χ4n) is 2.07. The van der Waals surface area contributed by atoms with E-state index in [0.717, 1.165) is 11.8 Å². The third kappa shape index (κ3) is 4.27. The van der Waals surface area contributed by atoms with Crippen molar-refractivity contribution in [2.45, 2.75) is 18.6 Å². The Morgan fingerprint density at radius 2 is 2.32 bits per heavy atom. The monoisotopic (exact) mass is 366 g/mol. The molecule has 0 radical (unpaired) electrons. The number of carbonyl (C=O) groups excluding carboxylic acids is 3. The van der Waals surface area contributed by atoms with E-state index < -0.39 is 17.2 Å². The molecule has 1 N–H and O–H groups in total. The van der Waals surface area contributed by atoms with Crippen LogP contribution in [0.1, 0.15) is 23.8 Å². The molecule has 10 heteroatoms. The molecule has 1 amide bonds. The van der Waals surface area contributed by atoms with E-state index in [2.05, 4.69) is 26.3 Å². The average Bonchev–Trinajstić information content (AvgIpc) is 3.16. The molecule has 0 saturated carbocycles. The van der Waals surface area contributed by atoms with Gasteiger partial charge in [-0.05, 0) is 6.92 Å². The van der Waals surface area contributed by atoms with Gasteiger partial charge in [0.2, 0.25) is 5.91 Å². The Kier molecular flexibility index (Phi) is 6.34. The molecule has 1 aromatic rings. The summed E-state index contributed by atoms with van der Waals surface area (Å²) in [5.41, 5.74) is 0.0948. The maximum atomic E-state index is 12.5. The van der Waals surface area contributed by atoms with Gasteiger partial charge in [-0.3, -0.25) is 14.5 Å². The molecule has 134 valence electrons. The molecular formula is C15H18N4O5S. The number of amidine groups is 1. The highest BCUT2D eigenvalue weighted by molar-refractivity contribution is 8.15. The second-order valence-electron chi connectivity index (χ2n) is 4.84. The number of ether oxygens (including phenoxy) is 2. The summed E-state index contributed by atoms with van der Waals surface area (Å²) >= 11 is 1.11. The first-order chi connectivity index (χ1) is 12.0. The van der Waals surface area contributed by atoms with E-state index in [1.807, 2.05) is 0 Å². The van der Waals surface area contributed by atoms with E-state index in [0.29, 0.717) is 5.17 Å². The van der Waals surface area contributed by atoms with Gasteiger partial charge in [0, 0.05) is 6.54 Å². The topological polar surface area (TPSA) is 114 Å². The summed E-state index contributed by atoms with van der Waals surface area (Å²) in [6.45, 7) is 5.74. The number of thioether (sulfide) groups is 1. The summed E-state index contributed by atoms with van der Waals surface area (Å²) in [6, 6.07) is 0. The van der Waals surface area contributed by atoms with Gasteiger partial charge in [-0.1, -0.05) is 17.8 Å². The Hall–Kier alpha value is -2.62. The Morgan fingerprint density at radius 3 is 2.96 bits per heavy atom. The van der Waals surface area contributed by atoms with Crippen LogP contribution in [0, 0.1) is 0 Å². The van der Waals surface area contributed by atoms with Gasteiger partial charge >= 0.3 is 11.9 Å². The Morgan fingerprint density at radius 1 is 1.56 bits per heavy atom. The number of methoxy groups -OCH3 is 1. The molecule has 2 heterocycles. The standard InChI is InChI=1S/C15H18N4O5S/c1-4-6-19-13(21)9(7-10(20)23-3)25-15(19)18-12-11(16-8-17-12)14(22)24-5-2/h4,8-9H,1,5-7H2,2-3H3,(H,16,17)/b18-15-. The van der Waals surface area contributed by atoms with Gasteiger partial charge in [-0.25, -0.2) is 14.8 Å². The van der Waals surface area contributed by atoms with Crippen LogP contribution in [0.3, 0.4) is 0 Å². The van der Waals surface area contributed by atoms with Crippen LogP contribution >= 0.6 is 11.8 Å². The summed E-state index contributed by atoms with van der Waals surface area (Å²) in [4.78, 5) is 48.2. The first-order valence-corrected chi connectivity index (χ1v) is 8.34. The van der Waals surface area contributed by atoms with Gasteiger partial charge < -0.3 is 14.5 Å². The number of carbonyl (C=O) groups is 3. The highest BCUT2D eigenvalue weighted by Crippen LogP contribution is 2.32. The van der Waals surface area contributed by atoms with Crippen LogP contribution < -0.4 is 0 Å².